The molecule has 1 fully saturated rings. The van der Waals surface area contributed by atoms with Gasteiger partial charge in [0.1, 0.15) is 5.82 Å². The first-order valence-corrected chi connectivity index (χ1v) is 6.68. The molecule has 3 N–H and O–H groups in total. The number of aromatic nitrogens is 1. The molecular weight excluding hydrogens is 356 g/mol. The number of carbonyl (C=O) groups is 1. The van der Waals surface area contributed by atoms with E-state index >= 15 is 0 Å². The first-order chi connectivity index (χ1) is 9.90. The fraction of sp³-hybridized carbons (Fsp3) is 0.538. The molecule has 0 aromatic carbocycles. The zero-order chi connectivity index (χ0) is 15.5. The van der Waals surface area contributed by atoms with E-state index in [4.69, 9.17) is 5.73 Å². The highest BCUT2D eigenvalue weighted by molar-refractivity contribution is 5.85. The van der Waals surface area contributed by atoms with Gasteiger partial charge in [-0.25, -0.2) is 4.98 Å². The predicted molar refractivity (Wildman–Crippen MR) is 86.2 cm³/mol. The Hall–Kier alpha value is -1.25. The van der Waals surface area contributed by atoms with E-state index in [2.05, 4.69) is 10.3 Å². The molecule has 0 atom stereocenters. The molecule has 1 aliphatic heterocycles. The lowest BCUT2D eigenvalue weighted by atomic mass is 10.0. The second-order valence-corrected chi connectivity index (χ2v) is 4.94. The summed E-state index contributed by atoms with van der Waals surface area (Å²) < 4.78 is 37.4. The van der Waals surface area contributed by atoms with E-state index in [1.54, 1.807) is 0 Å². The molecule has 2 heterocycles. The Kier molecular flexibility index (Phi) is 8.65. The molecule has 2 rings (SSSR count). The fourth-order valence-corrected chi connectivity index (χ4v) is 2.28. The van der Waals surface area contributed by atoms with Gasteiger partial charge in [0.15, 0.2) is 0 Å². The summed E-state index contributed by atoms with van der Waals surface area (Å²) in [5.74, 6) is 0.327. The van der Waals surface area contributed by atoms with Crippen molar-refractivity contribution in [3.05, 3.63) is 23.9 Å². The molecule has 132 valence electrons. The average Bonchev–Trinajstić information content (AvgIpc) is 2.47. The maximum absolute atomic E-state index is 12.5. The van der Waals surface area contributed by atoms with Gasteiger partial charge in [0, 0.05) is 25.3 Å². The van der Waals surface area contributed by atoms with E-state index in [0.717, 1.165) is 12.3 Å². The van der Waals surface area contributed by atoms with Crippen molar-refractivity contribution in [2.75, 3.05) is 24.5 Å². The van der Waals surface area contributed by atoms with Gasteiger partial charge in [0.2, 0.25) is 5.91 Å². The van der Waals surface area contributed by atoms with Gasteiger partial charge in [0.25, 0.3) is 0 Å². The number of nitrogens with two attached hydrogens (primary N) is 1. The van der Waals surface area contributed by atoms with Gasteiger partial charge in [0.05, 0.1) is 12.1 Å². The first kappa shape index (κ1) is 21.8. The van der Waals surface area contributed by atoms with Crippen molar-refractivity contribution < 1.29 is 18.0 Å². The van der Waals surface area contributed by atoms with Crippen LogP contribution in [0.1, 0.15) is 18.4 Å². The van der Waals surface area contributed by atoms with Crippen molar-refractivity contribution in [1.29, 1.82) is 0 Å². The molecule has 5 nitrogen and oxygen atoms in total. The quantitative estimate of drug-likeness (QED) is 0.848. The van der Waals surface area contributed by atoms with Crippen molar-refractivity contribution in [1.82, 2.24) is 10.3 Å². The highest BCUT2D eigenvalue weighted by Gasteiger charge is 2.31. The van der Waals surface area contributed by atoms with Crippen LogP contribution in [0.5, 0.6) is 0 Å². The number of nitrogens with zero attached hydrogens (tertiary/aromatic N) is 2. The summed E-state index contributed by atoms with van der Waals surface area (Å²) in [5, 5.41) is 2.81. The van der Waals surface area contributed by atoms with E-state index in [0.29, 0.717) is 31.7 Å². The summed E-state index contributed by atoms with van der Waals surface area (Å²) in [6, 6.07) is 2.47. The molecule has 0 saturated carbocycles. The van der Waals surface area contributed by atoms with Crippen molar-refractivity contribution in [3.8, 4) is 0 Å². The number of nitrogens with one attached hydrogen (secondary N) is 1. The van der Waals surface area contributed by atoms with Crippen LogP contribution >= 0.6 is 24.8 Å². The summed E-state index contributed by atoms with van der Waals surface area (Å²) >= 11 is 0. The van der Waals surface area contributed by atoms with Gasteiger partial charge in [-0.15, -0.1) is 24.8 Å². The third-order valence-electron chi connectivity index (χ3n) is 3.44. The maximum Gasteiger partial charge on any atom is 0.417 e. The lowest BCUT2D eigenvalue weighted by Gasteiger charge is -2.33. The minimum absolute atomic E-state index is 0. The monoisotopic (exact) mass is 374 g/mol. The van der Waals surface area contributed by atoms with Gasteiger partial charge in [-0.1, -0.05) is 0 Å². The third kappa shape index (κ3) is 6.04. The highest BCUT2D eigenvalue weighted by atomic mass is 35.5. The smallest absolute Gasteiger partial charge is 0.356 e. The van der Waals surface area contributed by atoms with Crippen LogP contribution in [-0.2, 0) is 11.0 Å². The minimum atomic E-state index is -4.37. The molecule has 1 amide bonds. The van der Waals surface area contributed by atoms with Gasteiger partial charge in [-0.05, 0) is 25.0 Å². The van der Waals surface area contributed by atoms with E-state index in [-0.39, 0.29) is 43.3 Å². The molecule has 0 unspecified atom stereocenters. The van der Waals surface area contributed by atoms with Crippen LogP contribution in [0.2, 0.25) is 0 Å². The van der Waals surface area contributed by atoms with Crippen LogP contribution in [-0.4, -0.2) is 36.6 Å². The number of pyridine rings is 1. The van der Waals surface area contributed by atoms with Crippen LogP contribution in [0.4, 0.5) is 19.0 Å². The Balaban J connectivity index is 0.00000242. The number of anilines is 1. The van der Waals surface area contributed by atoms with Crippen LogP contribution in [0.15, 0.2) is 18.3 Å². The van der Waals surface area contributed by atoms with Crippen molar-refractivity contribution in [2.24, 2.45) is 5.73 Å². The van der Waals surface area contributed by atoms with Crippen molar-refractivity contribution in [3.63, 3.8) is 0 Å². The Bertz CT molecular complexity index is 491. The summed E-state index contributed by atoms with van der Waals surface area (Å²) in [5.41, 5.74) is 4.48. The fourth-order valence-electron chi connectivity index (χ4n) is 2.28. The number of rotatable bonds is 3. The number of piperidine rings is 1. The summed E-state index contributed by atoms with van der Waals surface area (Å²) in [7, 11) is 0. The molecule has 10 heteroatoms. The molecule has 1 aromatic heterocycles. The largest absolute Gasteiger partial charge is 0.417 e. The van der Waals surface area contributed by atoms with Crippen LogP contribution < -0.4 is 16.0 Å². The molecule has 0 radical (unpaired) electrons. The third-order valence-corrected chi connectivity index (χ3v) is 3.44. The number of amides is 1. The Morgan fingerprint density at radius 2 is 1.91 bits per heavy atom. The van der Waals surface area contributed by atoms with E-state index in [9.17, 15) is 18.0 Å². The normalized spacial score (nSPS) is 15.4. The van der Waals surface area contributed by atoms with E-state index < -0.39 is 11.7 Å². The average molecular weight is 375 g/mol. The Morgan fingerprint density at radius 3 is 2.35 bits per heavy atom. The van der Waals surface area contributed by atoms with E-state index in [1.165, 1.54) is 6.07 Å². The highest BCUT2D eigenvalue weighted by Crippen LogP contribution is 2.29. The zero-order valence-electron chi connectivity index (χ0n) is 12.2. The number of alkyl halides is 3. The summed E-state index contributed by atoms with van der Waals surface area (Å²) in [6.07, 6.45) is -2.09. The summed E-state index contributed by atoms with van der Waals surface area (Å²) in [6.45, 7) is 1.22. The summed E-state index contributed by atoms with van der Waals surface area (Å²) in [4.78, 5) is 17.0. The van der Waals surface area contributed by atoms with Crippen molar-refractivity contribution in [2.45, 2.75) is 25.1 Å². The standard InChI is InChI=1S/C13H17F3N4O.2ClH/c14-13(15,16)9-1-2-11(18-8-9)20-5-3-10(4-6-20)19-12(21)7-17;;/h1-2,8,10H,3-7,17H2,(H,19,21);2*1H. The molecule has 0 bridgehead atoms. The van der Waals surface area contributed by atoms with Crippen molar-refractivity contribution >= 4 is 36.5 Å². The lowest BCUT2D eigenvalue weighted by molar-refractivity contribution is -0.137. The second kappa shape index (κ2) is 9.14. The molecule has 1 aromatic rings. The first-order valence-electron chi connectivity index (χ1n) is 6.68. The zero-order valence-corrected chi connectivity index (χ0v) is 13.8. The SMILES string of the molecule is Cl.Cl.NCC(=O)NC1CCN(c2ccc(C(F)(F)F)cn2)CC1. The molecule has 0 spiro atoms. The van der Waals surface area contributed by atoms with E-state index in [1.807, 2.05) is 4.90 Å². The minimum Gasteiger partial charge on any atom is -0.356 e. The predicted octanol–water partition coefficient (Wildman–Crippen LogP) is 1.99. The van der Waals surface area contributed by atoms with Gasteiger partial charge in [-0.3, -0.25) is 4.79 Å². The molecular formula is C13H19Cl2F3N4O. The lowest BCUT2D eigenvalue weighted by Crippen LogP contribution is -2.46. The molecule has 1 aliphatic rings. The van der Waals surface area contributed by atoms with Crippen LogP contribution in [0.3, 0.4) is 0 Å². The maximum atomic E-state index is 12.5. The molecule has 23 heavy (non-hydrogen) atoms. The topological polar surface area (TPSA) is 71.2 Å². The number of halogens is 5. The number of hydrogen-bond acceptors (Lipinski definition) is 4. The van der Waals surface area contributed by atoms with Gasteiger partial charge >= 0.3 is 6.18 Å². The van der Waals surface area contributed by atoms with Crippen LogP contribution in [0.25, 0.3) is 0 Å². The number of hydrogen-bond donors (Lipinski definition) is 2. The van der Waals surface area contributed by atoms with Gasteiger partial charge < -0.3 is 16.0 Å². The Morgan fingerprint density at radius 1 is 1.30 bits per heavy atom. The second-order valence-electron chi connectivity index (χ2n) is 4.94. The van der Waals surface area contributed by atoms with Crippen LogP contribution in [0, 0.1) is 0 Å². The Labute approximate surface area is 144 Å². The number of carbonyl (C=O) groups excluding carboxylic acids is 1. The van der Waals surface area contributed by atoms with Gasteiger partial charge in [-0.2, -0.15) is 13.2 Å². The molecule has 0 aliphatic carbocycles. The molecule has 1 saturated heterocycles.